The lowest BCUT2D eigenvalue weighted by Crippen LogP contribution is -2.25. The zero-order chi connectivity index (χ0) is 17.1. The summed E-state index contributed by atoms with van der Waals surface area (Å²) in [7, 11) is 3.17. The fourth-order valence-electron chi connectivity index (χ4n) is 3.01. The number of phenols is 1. The molecular formula is C19H21NO4. The van der Waals surface area contributed by atoms with Crippen molar-refractivity contribution in [3.05, 3.63) is 53.6 Å². The molecule has 3 rings (SSSR count). The number of methoxy groups -OCH3 is 2. The molecule has 2 aromatic carbocycles. The Bertz CT molecular complexity index is 744. The van der Waals surface area contributed by atoms with Gasteiger partial charge in [0.25, 0.3) is 0 Å². The van der Waals surface area contributed by atoms with Gasteiger partial charge >= 0.3 is 0 Å². The van der Waals surface area contributed by atoms with Crippen molar-refractivity contribution >= 4 is 5.91 Å². The number of benzene rings is 2. The fourth-order valence-corrected chi connectivity index (χ4v) is 3.01. The minimum absolute atomic E-state index is 0.0215. The summed E-state index contributed by atoms with van der Waals surface area (Å²) >= 11 is 0. The molecule has 2 N–H and O–H groups in total. The van der Waals surface area contributed by atoms with Crippen molar-refractivity contribution in [1.82, 2.24) is 5.32 Å². The average Bonchev–Trinajstić information content (AvgIpc) is 3.40. The molecule has 24 heavy (non-hydrogen) atoms. The molecule has 5 heteroatoms. The van der Waals surface area contributed by atoms with Crippen LogP contribution in [0.3, 0.4) is 0 Å². The molecule has 126 valence electrons. The number of aromatic hydroxyl groups is 1. The zero-order valence-electron chi connectivity index (χ0n) is 13.8. The van der Waals surface area contributed by atoms with Crippen molar-refractivity contribution in [2.24, 2.45) is 5.92 Å². The van der Waals surface area contributed by atoms with Crippen LogP contribution in [-0.4, -0.2) is 25.2 Å². The van der Waals surface area contributed by atoms with Gasteiger partial charge in [0.05, 0.1) is 14.2 Å². The van der Waals surface area contributed by atoms with Gasteiger partial charge in [0.15, 0.2) is 11.5 Å². The van der Waals surface area contributed by atoms with Crippen molar-refractivity contribution in [2.45, 2.75) is 18.9 Å². The number of ether oxygens (including phenoxy) is 2. The molecule has 0 aromatic heterocycles. The monoisotopic (exact) mass is 327 g/mol. The van der Waals surface area contributed by atoms with Crippen molar-refractivity contribution < 1.29 is 19.4 Å². The summed E-state index contributed by atoms with van der Waals surface area (Å²) in [5, 5.41) is 12.5. The maximum atomic E-state index is 12.4. The van der Waals surface area contributed by atoms with E-state index in [2.05, 4.69) is 5.32 Å². The molecule has 0 radical (unpaired) electrons. The Hall–Kier alpha value is -2.69. The van der Waals surface area contributed by atoms with Gasteiger partial charge in [-0.05, 0) is 36.1 Å². The number of hydrogen-bond acceptors (Lipinski definition) is 4. The molecule has 1 saturated carbocycles. The maximum absolute atomic E-state index is 12.4. The molecule has 0 spiro atoms. The van der Waals surface area contributed by atoms with Crippen molar-refractivity contribution in [1.29, 1.82) is 0 Å². The molecule has 0 unspecified atom stereocenters. The Morgan fingerprint density at radius 1 is 1.21 bits per heavy atom. The Kier molecular flexibility index (Phi) is 4.60. The van der Waals surface area contributed by atoms with Crippen LogP contribution < -0.4 is 14.8 Å². The minimum Gasteiger partial charge on any atom is -0.508 e. The standard InChI is InChI=1S/C19H21NO4/c1-23-17-8-4-6-13(18(17)24-2)11-20-19(22)16-10-15(16)12-5-3-7-14(21)9-12/h3-9,15-16,21H,10-11H2,1-2H3,(H,20,22)/t15-,16-/m0/s1. The molecule has 2 aromatic rings. The van der Waals surface area contributed by atoms with E-state index in [1.807, 2.05) is 24.3 Å². The molecule has 1 amide bonds. The van der Waals surface area contributed by atoms with E-state index in [0.717, 1.165) is 17.5 Å². The van der Waals surface area contributed by atoms with E-state index >= 15 is 0 Å². The van der Waals surface area contributed by atoms with Gasteiger partial charge in [-0.2, -0.15) is 0 Å². The fraction of sp³-hybridized carbons (Fsp3) is 0.316. The number of rotatable bonds is 6. The number of carbonyl (C=O) groups excluding carboxylic acids is 1. The van der Waals surface area contributed by atoms with Gasteiger partial charge in [0.1, 0.15) is 5.75 Å². The third kappa shape index (κ3) is 3.30. The SMILES string of the molecule is COc1cccc(CNC(=O)[C@H]2C[C@H]2c2cccc(O)c2)c1OC. The zero-order valence-corrected chi connectivity index (χ0v) is 13.8. The van der Waals surface area contributed by atoms with Crippen LogP contribution in [0.25, 0.3) is 0 Å². The number of amides is 1. The third-order valence-electron chi connectivity index (χ3n) is 4.36. The molecule has 1 aliphatic rings. The van der Waals surface area contributed by atoms with Crippen molar-refractivity contribution in [3.8, 4) is 17.2 Å². The lowest BCUT2D eigenvalue weighted by atomic mass is 10.1. The summed E-state index contributed by atoms with van der Waals surface area (Å²) in [6.07, 6.45) is 0.810. The number of phenolic OH excluding ortho intramolecular Hbond substituents is 1. The summed E-state index contributed by atoms with van der Waals surface area (Å²) in [5.74, 6) is 1.69. The summed E-state index contributed by atoms with van der Waals surface area (Å²) in [5.41, 5.74) is 1.88. The lowest BCUT2D eigenvalue weighted by molar-refractivity contribution is -0.122. The van der Waals surface area contributed by atoms with Crippen LogP contribution >= 0.6 is 0 Å². The summed E-state index contributed by atoms with van der Waals surface area (Å²) in [6.45, 7) is 0.391. The van der Waals surface area contributed by atoms with Crippen LogP contribution in [0.15, 0.2) is 42.5 Å². The van der Waals surface area contributed by atoms with E-state index in [-0.39, 0.29) is 23.5 Å². The molecule has 0 heterocycles. The predicted molar refractivity (Wildman–Crippen MR) is 90.3 cm³/mol. The largest absolute Gasteiger partial charge is 0.508 e. The molecule has 5 nitrogen and oxygen atoms in total. The first kappa shape index (κ1) is 16.2. The number of para-hydroxylation sites is 1. The Morgan fingerprint density at radius 3 is 2.71 bits per heavy atom. The topological polar surface area (TPSA) is 67.8 Å². The van der Waals surface area contributed by atoms with Crippen molar-refractivity contribution in [2.75, 3.05) is 14.2 Å². The molecule has 0 saturated heterocycles. The van der Waals surface area contributed by atoms with Gasteiger partial charge in [-0.25, -0.2) is 0 Å². The first-order chi connectivity index (χ1) is 11.6. The smallest absolute Gasteiger partial charge is 0.224 e. The predicted octanol–water partition coefficient (Wildman–Crippen LogP) is 2.83. The highest BCUT2D eigenvalue weighted by atomic mass is 16.5. The Morgan fingerprint density at radius 2 is 2.00 bits per heavy atom. The number of hydrogen-bond donors (Lipinski definition) is 2. The second-order valence-corrected chi connectivity index (χ2v) is 5.91. The van der Waals surface area contributed by atoms with Crippen LogP contribution in [0.4, 0.5) is 0 Å². The van der Waals surface area contributed by atoms with E-state index in [0.29, 0.717) is 18.0 Å². The van der Waals surface area contributed by atoms with Crippen LogP contribution in [0.5, 0.6) is 17.2 Å². The van der Waals surface area contributed by atoms with E-state index in [1.54, 1.807) is 32.4 Å². The highest BCUT2D eigenvalue weighted by molar-refractivity contribution is 5.83. The highest BCUT2D eigenvalue weighted by Gasteiger charge is 2.43. The molecular weight excluding hydrogens is 306 g/mol. The van der Waals surface area contributed by atoms with Crippen molar-refractivity contribution in [3.63, 3.8) is 0 Å². The van der Waals surface area contributed by atoms with E-state index in [9.17, 15) is 9.90 Å². The van der Waals surface area contributed by atoms with Crippen LogP contribution in [0.2, 0.25) is 0 Å². The summed E-state index contributed by atoms with van der Waals surface area (Å²) in [6, 6.07) is 12.7. The Balaban J connectivity index is 1.61. The molecule has 0 aliphatic heterocycles. The van der Waals surface area contributed by atoms with Gasteiger partial charge in [0.2, 0.25) is 5.91 Å². The molecule has 1 aliphatic carbocycles. The third-order valence-corrected chi connectivity index (χ3v) is 4.36. The second-order valence-electron chi connectivity index (χ2n) is 5.91. The highest BCUT2D eigenvalue weighted by Crippen LogP contribution is 2.48. The van der Waals surface area contributed by atoms with E-state index in [1.165, 1.54) is 0 Å². The lowest BCUT2D eigenvalue weighted by Gasteiger charge is -2.13. The Labute approximate surface area is 141 Å². The maximum Gasteiger partial charge on any atom is 0.224 e. The van der Waals surface area contributed by atoms with Gasteiger partial charge in [-0.15, -0.1) is 0 Å². The quantitative estimate of drug-likeness (QED) is 0.856. The van der Waals surface area contributed by atoms with Crippen LogP contribution in [-0.2, 0) is 11.3 Å². The van der Waals surface area contributed by atoms with E-state index < -0.39 is 0 Å². The van der Waals surface area contributed by atoms with Crippen LogP contribution in [0.1, 0.15) is 23.5 Å². The minimum atomic E-state index is -0.0385. The van der Waals surface area contributed by atoms with Gasteiger partial charge in [-0.1, -0.05) is 24.3 Å². The van der Waals surface area contributed by atoms with Gasteiger partial charge in [-0.3, -0.25) is 4.79 Å². The molecule has 2 atom stereocenters. The molecule has 1 fully saturated rings. The summed E-state index contributed by atoms with van der Waals surface area (Å²) in [4.78, 5) is 12.4. The first-order valence-corrected chi connectivity index (χ1v) is 7.90. The average molecular weight is 327 g/mol. The normalized spacial score (nSPS) is 18.8. The number of carbonyl (C=O) groups is 1. The first-order valence-electron chi connectivity index (χ1n) is 7.90. The van der Waals surface area contributed by atoms with Gasteiger partial charge < -0.3 is 19.9 Å². The second kappa shape index (κ2) is 6.83. The summed E-state index contributed by atoms with van der Waals surface area (Å²) < 4.78 is 10.6. The van der Waals surface area contributed by atoms with E-state index in [4.69, 9.17) is 9.47 Å². The van der Waals surface area contributed by atoms with Crippen LogP contribution in [0, 0.1) is 5.92 Å². The molecule has 0 bridgehead atoms. The number of nitrogens with one attached hydrogen (secondary N) is 1. The van der Waals surface area contributed by atoms with Gasteiger partial charge in [0, 0.05) is 18.0 Å².